The van der Waals surface area contributed by atoms with Gasteiger partial charge in [-0.1, -0.05) is 6.07 Å². The first-order valence-corrected chi connectivity index (χ1v) is 6.69. The maximum absolute atomic E-state index is 6.10. The standard InChI is InChI=1S/C15H20N2O2/c1-14(2,16)5-6-15(8-18-9-15)11-3-4-12-13(7-11)19-10-17-12/h3-4,7,10H,5-6,8-9,16H2,1-2H3. The summed E-state index contributed by atoms with van der Waals surface area (Å²) in [4.78, 5) is 4.15. The van der Waals surface area contributed by atoms with E-state index < -0.39 is 0 Å². The average Bonchev–Trinajstić information content (AvgIpc) is 2.73. The first kappa shape index (κ1) is 12.6. The quantitative estimate of drug-likeness (QED) is 0.918. The molecule has 19 heavy (non-hydrogen) atoms. The molecule has 0 aliphatic carbocycles. The number of hydrogen-bond donors (Lipinski definition) is 1. The molecule has 0 atom stereocenters. The summed E-state index contributed by atoms with van der Waals surface area (Å²) in [5.74, 6) is 0. The Morgan fingerprint density at radius 2 is 2.16 bits per heavy atom. The highest BCUT2D eigenvalue weighted by Crippen LogP contribution is 2.39. The van der Waals surface area contributed by atoms with Gasteiger partial charge in [0.15, 0.2) is 12.0 Å². The third-order valence-electron chi connectivity index (χ3n) is 3.95. The van der Waals surface area contributed by atoms with Crippen LogP contribution in [-0.4, -0.2) is 23.7 Å². The highest BCUT2D eigenvalue weighted by atomic mass is 16.5. The van der Waals surface area contributed by atoms with Crippen LogP contribution in [0.25, 0.3) is 11.1 Å². The van der Waals surface area contributed by atoms with E-state index >= 15 is 0 Å². The van der Waals surface area contributed by atoms with Crippen LogP contribution in [0.1, 0.15) is 32.3 Å². The fraction of sp³-hybridized carbons (Fsp3) is 0.533. The van der Waals surface area contributed by atoms with E-state index in [2.05, 4.69) is 31.0 Å². The van der Waals surface area contributed by atoms with Crippen molar-refractivity contribution < 1.29 is 9.15 Å². The van der Waals surface area contributed by atoms with Crippen LogP contribution < -0.4 is 5.73 Å². The van der Waals surface area contributed by atoms with Crippen LogP contribution in [0.3, 0.4) is 0 Å². The Morgan fingerprint density at radius 3 is 2.79 bits per heavy atom. The van der Waals surface area contributed by atoms with Gasteiger partial charge in [0, 0.05) is 11.0 Å². The van der Waals surface area contributed by atoms with E-state index in [4.69, 9.17) is 14.9 Å². The predicted octanol–water partition coefficient (Wildman–Crippen LogP) is 2.61. The van der Waals surface area contributed by atoms with Crippen LogP contribution in [0.5, 0.6) is 0 Å². The molecule has 2 N–H and O–H groups in total. The number of aromatic nitrogens is 1. The molecule has 2 aromatic rings. The second kappa shape index (κ2) is 4.32. The van der Waals surface area contributed by atoms with Crippen molar-refractivity contribution in [1.82, 2.24) is 4.98 Å². The molecule has 102 valence electrons. The first-order valence-electron chi connectivity index (χ1n) is 6.69. The molecule has 2 heterocycles. The summed E-state index contributed by atoms with van der Waals surface area (Å²) in [7, 11) is 0. The van der Waals surface area contributed by atoms with E-state index in [1.54, 1.807) is 0 Å². The fourth-order valence-electron chi connectivity index (χ4n) is 2.55. The average molecular weight is 260 g/mol. The highest BCUT2D eigenvalue weighted by molar-refractivity contribution is 5.73. The van der Waals surface area contributed by atoms with Crippen molar-refractivity contribution in [2.24, 2.45) is 5.73 Å². The molecule has 1 aromatic carbocycles. The van der Waals surface area contributed by atoms with Gasteiger partial charge >= 0.3 is 0 Å². The summed E-state index contributed by atoms with van der Waals surface area (Å²) in [6.45, 7) is 5.67. The zero-order chi connectivity index (χ0) is 13.5. The van der Waals surface area contributed by atoms with E-state index in [1.165, 1.54) is 12.0 Å². The molecule has 1 saturated heterocycles. The number of ether oxygens (including phenoxy) is 1. The smallest absolute Gasteiger partial charge is 0.181 e. The molecule has 0 saturated carbocycles. The van der Waals surface area contributed by atoms with Gasteiger partial charge in [-0.25, -0.2) is 4.98 Å². The first-order chi connectivity index (χ1) is 8.99. The minimum Gasteiger partial charge on any atom is -0.443 e. The lowest BCUT2D eigenvalue weighted by molar-refractivity contribution is -0.0668. The monoisotopic (exact) mass is 260 g/mol. The Kier molecular flexibility index (Phi) is 2.87. The number of rotatable bonds is 4. The maximum Gasteiger partial charge on any atom is 0.181 e. The summed E-state index contributed by atoms with van der Waals surface area (Å²) in [5.41, 5.74) is 9.07. The fourth-order valence-corrected chi connectivity index (χ4v) is 2.55. The van der Waals surface area contributed by atoms with Crippen LogP contribution in [-0.2, 0) is 10.2 Å². The van der Waals surface area contributed by atoms with Crippen molar-refractivity contribution >= 4 is 11.1 Å². The summed E-state index contributed by atoms with van der Waals surface area (Å²) < 4.78 is 10.9. The van der Waals surface area contributed by atoms with Crippen LogP contribution in [0.15, 0.2) is 29.0 Å². The van der Waals surface area contributed by atoms with Gasteiger partial charge in [-0.2, -0.15) is 0 Å². The summed E-state index contributed by atoms with van der Waals surface area (Å²) in [6, 6.07) is 6.24. The molecule has 1 fully saturated rings. The van der Waals surface area contributed by atoms with Crippen molar-refractivity contribution in [2.75, 3.05) is 13.2 Å². The maximum atomic E-state index is 6.10. The molecule has 0 spiro atoms. The van der Waals surface area contributed by atoms with Gasteiger partial charge in [0.1, 0.15) is 5.52 Å². The third-order valence-corrected chi connectivity index (χ3v) is 3.95. The molecule has 0 unspecified atom stereocenters. The largest absolute Gasteiger partial charge is 0.443 e. The Labute approximate surface area is 112 Å². The molecule has 4 nitrogen and oxygen atoms in total. The second-order valence-corrected chi connectivity index (χ2v) is 6.30. The summed E-state index contributed by atoms with van der Waals surface area (Å²) in [6.07, 6.45) is 3.50. The third kappa shape index (κ3) is 2.38. The van der Waals surface area contributed by atoms with Crippen LogP contribution in [0.2, 0.25) is 0 Å². The van der Waals surface area contributed by atoms with E-state index in [0.29, 0.717) is 0 Å². The van der Waals surface area contributed by atoms with Gasteiger partial charge in [-0.3, -0.25) is 0 Å². The zero-order valence-electron chi connectivity index (χ0n) is 11.5. The number of benzene rings is 1. The molecule has 1 aliphatic heterocycles. The summed E-state index contributed by atoms with van der Waals surface area (Å²) >= 11 is 0. The van der Waals surface area contributed by atoms with E-state index in [-0.39, 0.29) is 11.0 Å². The van der Waals surface area contributed by atoms with Crippen LogP contribution >= 0.6 is 0 Å². The lowest BCUT2D eigenvalue weighted by Gasteiger charge is -2.43. The van der Waals surface area contributed by atoms with E-state index in [1.807, 2.05) is 6.07 Å². The lowest BCUT2D eigenvalue weighted by Crippen LogP contribution is -2.48. The zero-order valence-corrected chi connectivity index (χ0v) is 11.5. The number of fused-ring (bicyclic) bond motifs is 1. The molecule has 4 heteroatoms. The van der Waals surface area contributed by atoms with Crippen molar-refractivity contribution in [3.8, 4) is 0 Å². The number of nitrogens with zero attached hydrogens (tertiary/aromatic N) is 1. The van der Waals surface area contributed by atoms with Crippen LogP contribution in [0.4, 0.5) is 0 Å². The van der Waals surface area contributed by atoms with Gasteiger partial charge < -0.3 is 14.9 Å². The normalized spacial score (nSPS) is 18.5. The Balaban J connectivity index is 1.88. The Bertz CT molecular complexity index is 579. The van der Waals surface area contributed by atoms with E-state index in [9.17, 15) is 0 Å². The molecular weight excluding hydrogens is 240 g/mol. The minimum absolute atomic E-state index is 0.0949. The van der Waals surface area contributed by atoms with Gasteiger partial charge in [-0.05, 0) is 44.4 Å². The van der Waals surface area contributed by atoms with Gasteiger partial charge in [0.25, 0.3) is 0 Å². The van der Waals surface area contributed by atoms with Gasteiger partial charge in [0.05, 0.1) is 13.2 Å². The molecular formula is C15H20N2O2. The number of hydrogen-bond acceptors (Lipinski definition) is 4. The highest BCUT2D eigenvalue weighted by Gasteiger charge is 2.41. The Morgan fingerprint density at radius 1 is 1.37 bits per heavy atom. The molecule has 3 rings (SSSR count). The van der Waals surface area contributed by atoms with Crippen molar-refractivity contribution in [2.45, 2.75) is 37.6 Å². The van der Waals surface area contributed by atoms with Crippen molar-refractivity contribution in [3.05, 3.63) is 30.2 Å². The van der Waals surface area contributed by atoms with Crippen LogP contribution in [0, 0.1) is 0 Å². The molecule has 1 aliphatic rings. The molecule has 0 bridgehead atoms. The Hall–Kier alpha value is -1.39. The topological polar surface area (TPSA) is 61.3 Å². The SMILES string of the molecule is CC(C)(N)CCC1(c2ccc3ncoc3c2)COC1. The minimum atomic E-state index is -0.140. The molecule has 0 amide bonds. The van der Waals surface area contributed by atoms with Gasteiger partial charge in [0.2, 0.25) is 0 Å². The summed E-state index contributed by atoms with van der Waals surface area (Å²) in [5, 5.41) is 0. The molecule has 0 radical (unpaired) electrons. The second-order valence-electron chi connectivity index (χ2n) is 6.30. The van der Waals surface area contributed by atoms with E-state index in [0.717, 1.165) is 37.2 Å². The van der Waals surface area contributed by atoms with Crippen molar-refractivity contribution in [1.29, 1.82) is 0 Å². The lowest BCUT2D eigenvalue weighted by atomic mass is 9.73. The molecule has 1 aromatic heterocycles. The number of nitrogens with two attached hydrogens (primary N) is 1. The predicted molar refractivity (Wildman–Crippen MR) is 74.0 cm³/mol. The van der Waals surface area contributed by atoms with Crippen molar-refractivity contribution in [3.63, 3.8) is 0 Å². The van der Waals surface area contributed by atoms with Gasteiger partial charge in [-0.15, -0.1) is 0 Å². The number of oxazole rings is 1.